The molecule has 33 heavy (non-hydrogen) atoms. The average molecular weight is 451 g/mol. The lowest BCUT2D eigenvalue weighted by atomic mass is 10.1. The zero-order chi connectivity index (χ0) is 23.8. The fourth-order valence-electron chi connectivity index (χ4n) is 3.69. The summed E-state index contributed by atoms with van der Waals surface area (Å²) < 4.78 is 0. The highest BCUT2D eigenvalue weighted by Gasteiger charge is 2.17. The normalized spacial score (nSPS) is 14.2. The summed E-state index contributed by atoms with van der Waals surface area (Å²) in [5.41, 5.74) is 2.29. The van der Waals surface area contributed by atoms with Gasteiger partial charge in [0.05, 0.1) is 6.54 Å². The first kappa shape index (κ1) is 24.3. The molecule has 0 atom stereocenters. The molecular weight excluding hydrogens is 416 g/mol. The largest absolute Gasteiger partial charge is 0.376 e. The van der Waals surface area contributed by atoms with Crippen LogP contribution >= 0.6 is 0 Å². The van der Waals surface area contributed by atoms with E-state index in [0.717, 1.165) is 31.6 Å². The fourth-order valence-corrected chi connectivity index (χ4v) is 3.69. The molecule has 1 aliphatic rings. The minimum Gasteiger partial charge on any atom is -0.376 e. The molecule has 3 N–H and O–H groups in total. The number of hydrogen-bond donors (Lipinski definition) is 3. The van der Waals surface area contributed by atoms with Gasteiger partial charge in [0, 0.05) is 41.1 Å². The molecule has 0 saturated carbocycles. The number of nitrogens with zero attached hydrogens (tertiary/aromatic N) is 1. The molecule has 7 heteroatoms. The molecule has 0 spiro atoms. The minimum atomic E-state index is -0.301. The number of amides is 3. The van der Waals surface area contributed by atoms with Gasteiger partial charge in [-0.1, -0.05) is 12.8 Å². The zero-order valence-corrected chi connectivity index (χ0v) is 19.7. The van der Waals surface area contributed by atoms with Gasteiger partial charge in [-0.25, -0.2) is 0 Å². The highest BCUT2D eigenvalue weighted by atomic mass is 16.2. The van der Waals surface area contributed by atoms with Crippen molar-refractivity contribution >= 4 is 29.1 Å². The monoisotopic (exact) mass is 450 g/mol. The smallest absolute Gasteiger partial charge is 0.253 e. The van der Waals surface area contributed by atoms with Crippen LogP contribution < -0.4 is 16.0 Å². The van der Waals surface area contributed by atoms with Crippen molar-refractivity contribution in [3.05, 3.63) is 59.7 Å². The van der Waals surface area contributed by atoms with Crippen LogP contribution in [0, 0.1) is 0 Å². The van der Waals surface area contributed by atoms with Gasteiger partial charge in [-0.2, -0.15) is 0 Å². The van der Waals surface area contributed by atoms with E-state index in [1.54, 1.807) is 48.5 Å². The van der Waals surface area contributed by atoms with E-state index >= 15 is 0 Å². The van der Waals surface area contributed by atoms with Crippen LogP contribution in [0.1, 0.15) is 67.2 Å². The van der Waals surface area contributed by atoms with Crippen LogP contribution in [0.4, 0.5) is 11.4 Å². The van der Waals surface area contributed by atoms with Crippen molar-refractivity contribution in [1.82, 2.24) is 10.2 Å². The molecule has 3 rings (SSSR count). The van der Waals surface area contributed by atoms with Crippen LogP contribution in [0.25, 0.3) is 0 Å². The van der Waals surface area contributed by atoms with Gasteiger partial charge in [0.1, 0.15) is 0 Å². The molecule has 3 amide bonds. The predicted molar refractivity (Wildman–Crippen MR) is 132 cm³/mol. The summed E-state index contributed by atoms with van der Waals surface area (Å²) in [4.78, 5) is 39.1. The number of likely N-dealkylation sites (tertiary alicyclic amines) is 1. The summed E-state index contributed by atoms with van der Waals surface area (Å²) in [6, 6.07) is 14.0. The van der Waals surface area contributed by atoms with Crippen molar-refractivity contribution in [2.45, 2.75) is 52.0 Å². The highest BCUT2D eigenvalue weighted by Crippen LogP contribution is 2.16. The van der Waals surface area contributed by atoms with Gasteiger partial charge in [0.15, 0.2) is 0 Å². The van der Waals surface area contributed by atoms with E-state index in [2.05, 4.69) is 16.0 Å². The third-order valence-corrected chi connectivity index (χ3v) is 5.40. The van der Waals surface area contributed by atoms with Gasteiger partial charge in [-0.15, -0.1) is 0 Å². The van der Waals surface area contributed by atoms with Crippen LogP contribution in [0.3, 0.4) is 0 Å². The standard InChI is InChI=1S/C26H34N4O3/c1-26(2,3)29-24(32)19-8-12-21(13-9-19)27-18-23(31)28-22-14-10-20(11-15-22)25(33)30-16-6-4-5-7-17-30/h8-15,27H,4-7,16-18H2,1-3H3,(H,28,31)(H,29,32). The summed E-state index contributed by atoms with van der Waals surface area (Å²) in [5.74, 6) is -0.281. The summed E-state index contributed by atoms with van der Waals surface area (Å²) in [6.07, 6.45) is 4.47. The van der Waals surface area contributed by atoms with Gasteiger partial charge < -0.3 is 20.9 Å². The lowest BCUT2D eigenvalue weighted by molar-refractivity contribution is -0.114. The van der Waals surface area contributed by atoms with Crippen molar-refractivity contribution < 1.29 is 14.4 Å². The molecule has 0 aliphatic carbocycles. The van der Waals surface area contributed by atoms with E-state index in [0.29, 0.717) is 16.8 Å². The third kappa shape index (κ3) is 7.63. The summed E-state index contributed by atoms with van der Waals surface area (Å²) in [6.45, 7) is 7.50. The molecule has 176 valence electrons. The van der Waals surface area contributed by atoms with E-state index in [1.807, 2.05) is 25.7 Å². The summed E-state index contributed by atoms with van der Waals surface area (Å²) >= 11 is 0. The van der Waals surface area contributed by atoms with Crippen molar-refractivity contribution in [2.24, 2.45) is 0 Å². The summed E-state index contributed by atoms with van der Waals surface area (Å²) in [5, 5.41) is 8.80. The first-order valence-electron chi connectivity index (χ1n) is 11.6. The van der Waals surface area contributed by atoms with E-state index in [1.165, 1.54) is 12.8 Å². The Labute approximate surface area is 195 Å². The second kappa shape index (κ2) is 11.0. The number of carbonyl (C=O) groups excluding carboxylic acids is 3. The fraction of sp³-hybridized carbons (Fsp3) is 0.423. The van der Waals surface area contributed by atoms with Crippen molar-refractivity contribution in [3.8, 4) is 0 Å². The van der Waals surface area contributed by atoms with Crippen molar-refractivity contribution in [1.29, 1.82) is 0 Å². The Morgan fingerprint density at radius 1 is 0.788 bits per heavy atom. The molecule has 0 bridgehead atoms. The number of carbonyl (C=O) groups is 3. The predicted octanol–water partition coefficient (Wildman–Crippen LogP) is 4.28. The number of anilines is 2. The Kier molecular flexibility index (Phi) is 8.09. The van der Waals surface area contributed by atoms with E-state index < -0.39 is 0 Å². The lowest BCUT2D eigenvalue weighted by Gasteiger charge is -2.20. The van der Waals surface area contributed by atoms with Gasteiger partial charge in [-0.3, -0.25) is 14.4 Å². The molecule has 2 aromatic carbocycles. The Bertz CT molecular complexity index is 955. The number of nitrogens with one attached hydrogen (secondary N) is 3. The van der Waals surface area contributed by atoms with Crippen molar-refractivity contribution in [2.75, 3.05) is 30.3 Å². The highest BCUT2D eigenvalue weighted by molar-refractivity contribution is 5.97. The maximum Gasteiger partial charge on any atom is 0.253 e. The maximum absolute atomic E-state index is 12.7. The van der Waals surface area contributed by atoms with Crippen molar-refractivity contribution in [3.63, 3.8) is 0 Å². The lowest BCUT2D eigenvalue weighted by Crippen LogP contribution is -2.40. The molecule has 7 nitrogen and oxygen atoms in total. The SMILES string of the molecule is CC(C)(C)NC(=O)c1ccc(NCC(=O)Nc2ccc(C(=O)N3CCCCCC3)cc2)cc1. The number of hydrogen-bond acceptors (Lipinski definition) is 4. The van der Waals surface area contributed by atoms with Crippen LogP contribution in [0.2, 0.25) is 0 Å². The Morgan fingerprint density at radius 2 is 1.33 bits per heavy atom. The molecule has 1 saturated heterocycles. The maximum atomic E-state index is 12.7. The first-order chi connectivity index (χ1) is 15.7. The molecule has 1 fully saturated rings. The summed E-state index contributed by atoms with van der Waals surface area (Å²) in [7, 11) is 0. The van der Waals surface area contributed by atoms with E-state index in [9.17, 15) is 14.4 Å². The minimum absolute atomic E-state index is 0.0519. The molecule has 2 aromatic rings. The Balaban J connectivity index is 1.47. The van der Waals surface area contributed by atoms with Gasteiger partial charge in [-0.05, 0) is 82.1 Å². The van der Waals surface area contributed by atoms with Gasteiger partial charge in [0.2, 0.25) is 5.91 Å². The third-order valence-electron chi connectivity index (χ3n) is 5.40. The number of benzene rings is 2. The van der Waals surface area contributed by atoms with Crippen LogP contribution in [0.5, 0.6) is 0 Å². The molecule has 1 aliphatic heterocycles. The van der Waals surface area contributed by atoms with E-state index in [4.69, 9.17) is 0 Å². The second-order valence-electron chi connectivity index (χ2n) is 9.47. The Morgan fingerprint density at radius 3 is 1.91 bits per heavy atom. The van der Waals surface area contributed by atoms with E-state index in [-0.39, 0.29) is 29.8 Å². The molecule has 0 unspecified atom stereocenters. The molecule has 1 heterocycles. The number of rotatable bonds is 6. The Hall–Kier alpha value is -3.35. The first-order valence-corrected chi connectivity index (χ1v) is 11.6. The van der Waals surface area contributed by atoms with Crippen LogP contribution in [-0.2, 0) is 4.79 Å². The topological polar surface area (TPSA) is 90.5 Å². The average Bonchev–Trinajstić information content (AvgIpc) is 3.06. The molecule has 0 radical (unpaired) electrons. The van der Waals surface area contributed by atoms with Crippen LogP contribution in [0.15, 0.2) is 48.5 Å². The zero-order valence-electron chi connectivity index (χ0n) is 19.7. The quantitative estimate of drug-likeness (QED) is 0.613. The van der Waals surface area contributed by atoms with Gasteiger partial charge in [0.25, 0.3) is 11.8 Å². The molecular formula is C26H34N4O3. The second-order valence-corrected chi connectivity index (χ2v) is 9.47. The van der Waals surface area contributed by atoms with Crippen LogP contribution in [-0.4, -0.2) is 47.8 Å². The van der Waals surface area contributed by atoms with Gasteiger partial charge >= 0.3 is 0 Å². The molecule has 0 aromatic heterocycles.